The van der Waals surface area contributed by atoms with Crippen LogP contribution in [-0.2, 0) is 11.3 Å². The molecule has 1 aromatic heterocycles. The van der Waals surface area contributed by atoms with Crippen molar-refractivity contribution in [2.45, 2.75) is 25.4 Å². The van der Waals surface area contributed by atoms with Crippen molar-refractivity contribution in [3.63, 3.8) is 0 Å². The zero-order chi connectivity index (χ0) is 16.8. The van der Waals surface area contributed by atoms with Crippen LogP contribution in [0, 0.1) is 0 Å². The standard InChI is InChI=1S/C18H21N3O2S/c22-17(23)7-6-16-13-24-18(20-16)19-15-8-10-21(11-9-15)12-14-4-2-1-3-5-14/h1-7,13,15H,8-12H2,(H,19,20)(H,22,23)/b7-6+. The summed E-state index contributed by atoms with van der Waals surface area (Å²) >= 11 is 1.52. The van der Waals surface area contributed by atoms with Gasteiger partial charge in [-0.1, -0.05) is 30.3 Å². The fourth-order valence-electron chi connectivity index (χ4n) is 2.84. The number of anilines is 1. The molecule has 0 atom stereocenters. The van der Waals surface area contributed by atoms with E-state index in [0.29, 0.717) is 11.7 Å². The Balaban J connectivity index is 1.46. The molecule has 1 fully saturated rings. The van der Waals surface area contributed by atoms with E-state index in [2.05, 4.69) is 39.5 Å². The highest BCUT2D eigenvalue weighted by atomic mass is 32.1. The second-order valence-corrected chi connectivity index (χ2v) is 6.79. The average Bonchev–Trinajstić information content (AvgIpc) is 3.03. The number of rotatable bonds is 6. The van der Waals surface area contributed by atoms with Gasteiger partial charge in [-0.05, 0) is 24.5 Å². The number of piperidine rings is 1. The van der Waals surface area contributed by atoms with Crippen molar-refractivity contribution < 1.29 is 9.90 Å². The third kappa shape index (κ3) is 4.91. The van der Waals surface area contributed by atoms with Crippen LogP contribution in [0.2, 0.25) is 0 Å². The van der Waals surface area contributed by atoms with Gasteiger partial charge < -0.3 is 10.4 Å². The molecule has 3 rings (SSSR count). The minimum atomic E-state index is -0.955. The number of hydrogen-bond donors (Lipinski definition) is 2. The molecule has 0 saturated carbocycles. The van der Waals surface area contributed by atoms with Crippen LogP contribution in [-0.4, -0.2) is 40.1 Å². The molecule has 0 bridgehead atoms. The van der Waals surface area contributed by atoms with Crippen LogP contribution in [0.1, 0.15) is 24.1 Å². The Hall–Kier alpha value is -2.18. The van der Waals surface area contributed by atoms with E-state index >= 15 is 0 Å². The molecule has 1 saturated heterocycles. The largest absolute Gasteiger partial charge is 0.478 e. The Morgan fingerprint density at radius 2 is 2.08 bits per heavy atom. The molecule has 0 unspecified atom stereocenters. The van der Waals surface area contributed by atoms with Gasteiger partial charge in [-0.25, -0.2) is 9.78 Å². The van der Waals surface area contributed by atoms with E-state index in [0.717, 1.165) is 43.7 Å². The quantitative estimate of drug-likeness (QED) is 0.788. The van der Waals surface area contributed by atoms with Gasteiger partial charge in [0, 0.05) is 37.1 Å². The molecule has 6 heteroatoms. The number of carboxylic acids is 1. The van der Waals surface area contributed by atoms with Crippen molar-refractivity contribution in [3.05, 3.63) is 53.0 Å². The van der Waals surface area contributed by atoms with Crippen molar-refractivity contribution in [1.82, 2.24) is 9.88 Å². The number of thiazole rings is 1. The van der Waals surface area contributed by atoms with Crippen LogP contribution >= 0.6 is 11.3 Å². The van der Waals surface area contributed by atoms with E-state index in [4.69, 9.17) is 5.11 Å². The summed E-state index contributed by atoms with van der Waals surface area (Å²) in [5.74, 6) is -0.955. The average molecular weight is 343 g/mol. The molecule has 126 valence electrons. The van der Waals surface area contributed by atoms with E-state index in [9.17, 15) is 4.79 Å². The number of likely N-dealkylation sites (tertiary alicyclic amines) is 1. The van der Waals surface area contributed by atoms with Gasteiger partial charge in [0.15, 0.2) is 5.13 Å². The summed E-state index contributed by atoms with van der Waals surface area (Å²) in [6, 6.07) is 11.0. The first-order valence-electron chi connectivity index (χ1n) is 8.08. The molecule has 5 nitrogen and oxygen atoms in total. The summed E-state index contributed by atoms with van der Waals surface area (Å²) in [6.07, 6.45) is 4.81. The van der Waals surface area contributed by atoms with Gasteiger partial charge in [0.25, 0.3) is 0 Å². The van der Waals surface area contributed by atoms with Crippen molar-refractivity contribution in [3.8, 4) is 0 Å². The molecule has 2 N–H and O–H groups in total. The van der Waals surface area contributed by atoms with Gasteiger partial charge in [-0.15, -0.1) is 11.3 Å². The maximum atomic E-state index is 10.5. The molecule has 0 aliphatic carbocycles. The normalized spacial score (nSPS) is 16.5. The third-order valence-electron chi connectivity index (χ3n) is 4.08. The predicted octanol–water partition coefficient (Wildman–Crippen LogP) is 3.32. The molecule has 1 aliphatic heterocycles. The van der Waals surface area contributed by atoms with Gasteiger partial charge in [-0.2, -0.15) is 0 Å². The zero-order valence-electron chi connectivity index (χ0n) is 13.4. The number of carboxylic acid groups (broad SMARTS) is 1. The third-order valence-corrected chi connectivity index (χ3v) is 4.87. The number of aromatic nitrogens is 1. The summed E-state index contributed by atoms with van der Waals surface area (Å²) in [7, 11) is 0. The van der Waals surface area contributed by atoms with E-state index < -0.39 is 5.97 Å². The van der Waals surface area contributed by atoms with Gasteiger partial charge in [0.05, 0.1) is 5.69 Å². The minimum Gasteiger partial charge on any atom is -0.478 e. The maximum Gasteiger partial charge on any atom is 0.328 e. The summed E-state index contributed by atoms with van der Waals surface area (Å²) in [4.78, 5) is 17.4. The second-order valence-electron chi connectivity index (χ2n) is 5.93. The van der Waals surface area contributed by atoms with Crippen molar-refractivity contribution >= 4 is 28.5 Å². The van der Waals surface area contributed by atoms with Crippen molar-refractivity contribution in [1.29, 1.82) is 0 Å². The first kappa shape index (κ1) is 16.7. The number of nitrogens with zero attached hydrogens (tertiary/aromatic N) is 2. The summed E-state index contributed by atoms with van der Waals surface area (Å²) in [5, 5.41) is 14.8. The first-order valence-corrected chi connectivity index (χ1v) is 8.96. The number of hydrogen-bond acceptors (Lipinski definition) is 5. The second kappa shape index (κ2) is 8.08. The lowest BCUT2D eigenvalue weighted by Gasteiger charge is -2.32. The monoisotopic (exact) mass is 343 g/mol. The number of nitrogens with one attached hydrogen (secondary N) is 1. The molecular weight excluding hydrogens is 322 g/mol. The minimum absolute atomic E-state index is 0.430. The van der Waals surface area contributed by atoms with Gasteiger partial charge in [0.2, 0.25) is 0 Å². The van der Waals surface area contributed by atoms with E-state index in [-0.39, 0.29) is 0 Å². The van der Waals surface area contributed by atoms with E-state index in [1.165, 1.54) is 23.0 Å². The Morgan fingerprint density at radius 3 is 2.79 bits per heavy atom. The molecule has 0 amide bonds. The molecule has 2 aromatic rings. The zero-order valence-corrected chi connectivity index (χ0v) is 14.2. The number of carbonyl (C=O) groups is 1. The van der Waals surface area contributed by atoms with E-state index in [1.807, 2.05) is 11.4 Å². The Labute approximate surface area is 145 Å². The Kier molecular flexibility index (Phi) is 5.61. The number of benzene rings is 1. The summed E-state index contributed by atoms with van der Waals surface area (Å²) < 4.78 is 0. The van der Waals surface area contributed by atoms with E-state index in [1.54, 1.807) is 0 Å². The van der Waals surface area contributed by atoms with Gasteiger partial charge in [-0.3, -0.25) is 4.90 Å². The molecule has 24 heavy (non-hydrogen) atoms. The van der Waals surface area contributed by atoms with Crippen LogP contribution < -0.4 is 5.32 Å². The SMILES string of the molecule is O=C(O)/C=C/c1csc(NC2CCN(Cc3ccccc3)CC2)n1. The number of aliphatic carboxylic acids is 1. The van der Waals surface area contributed by atoms with Crippen LogP contribution in [0.15, 0.2) is 41.8 Å². The lowest BCUT2D eigenvalue weighted by Crippen LogP contribution is -2.38. The Morgan fingerprint density at radius 1 is 1.33 bits per heavy atom. The molecule has 0 spiro atoms. The molecular formula is C18H21N3O2S. The van der Waals surface area contributed by atoms with Crippen LogP contribution in [0.25, 0.3) is 6.08 Å². The van der Waals surface area contributed by atoms with Crippen LogP contribution in [0.5, 0.6) is 0 Å². The fourth-order valence-corrected chi connectivity index (χ4v) is 3.59. The fraction of sp³-hybridized carbons (Fsp3) is 0.333. The first-order chi connectivity index (χ1) is 11.7. The predicted molar refractivity (Wildman–Crippen MR) is 97.1 cm³/mol. The molecule has 0 radical (unpaired) electrons. The van der Waals surface area contributed by atoms with Crippen LogP contribution in [0.3, 0.4) is 0 Å². The van der Waals surface area contributed by atoms with Crippen molar-refractivity contribution in [2.75, 3.05) is 18.4 Å². The molecule has 1 aromatic carbocycles. The lowest BCUT2D eigenvalue weighted by molar-refractivity contribution is -0.131. The smallest absolute Gasteiger partial charge is 0.328 e. The highest BCUT2D eigenvalue weighted by Gasteiger charge is 2.19. The van der Waals surface area contributed by atoms with Gasteiger partial charge >= 0.3 is 5.97 Å². The van der Waals surface area contributed by atoms with Crippen molar-refractivity contribution in [2.24, 2.45) is 0 Å². The maximum absolute atomic E-state index is 10.5. The summed E-state index contributed by atoms with van der Waals surface area (Å²) in [6.45, 7) is 3.16. The van der Waals surface area contributed by atoms with Gasteiger partial charge in [0.1, 0.15) is 0 Å². The highest BCUT2D eigenvalue weighted by molar-refractivity contribution is 7.13. The highest BCUT2D eigenvalue weighted by Crippen LogP contribution is 2.21. The summed E-state index contributed by atoms with van der Waals surface area (Å²) in [5.41, 5.74) is 2.05. The topological polar surface area (TPSA) is 65.5 Å². The van der Waals surface area contributed by atoms with Crippen LogP contribution in [0.4, 0.5) is 5.13 Å². The molecule has 1 aliphatic rings. The molecule has 2 heterocycles. The Bertz CT molecular complexity index is 691. The lowest BCUT2D eigenvalue weighted by atomic mass is 10.0.